The minimum Gasteiger partial charge on any atom is -0.495 e. The van der Waals surface area contributed by atoms with Gasteiger partial charge >= 0.3 is 7.82 Å². The van der Waals surface area contributed by atoms with E-state index in [1.165, 1.54) is 6.42 Å². The number of hydrogen-bond donors (Lipinski definition) is 4. The van der Waals surface area contributed by atoms with E-state index in [0.29, 0.717) is 72.2 Å². The van der Waals surface area contributed by atoms with Gasteiger partial charge in [-0.3, -0.25) is 9.32 Å². The number of phosphoric acid groups is 1. The van der Waals surface area contributed by atoms with Crippen molar-refractivity contribution in [3.8, 4) is 5.75 Å². The molecule has 37 heavy (non-hydrogen) atoms. The van der Waals surface area contributed by atoms with Gasteiger partial charge in [-0.2, -0.15) is 4.98 Å². The summed E-state index contributed by atoms with van der Waals surface area (Å²) >= 11 is 6.27. The van der Waals surface area contributed by atoms with Crippen LogP contribution < -0.4 is 20.3 Å². The van der Waals surface area contributed by atoms with E-state index < -0.39 is 13.9 Å². The van der Waals surface area contributed by atoms with Crippen LogP contribution in [0.3, 0.4) is 0 Å². The lowest BCUT2D eigenvalue weighted by atomic mass is 9.93. The Morgan fingerprint density at radius 1 is 1.22 bits per heavy atom. The molecule has 13 heteroatoms. The zero-order valence-corrected chi connectivity index (χ0v) is 22.1. The molecule has 0 bridgehead atoms. The number of ether oxygens (including phenoxy) is 1. The lowest BCUT2D eigenvalue weighted by Gasteiger charge is -2.29. The van der Waals surface area contributed by atoms with Crippen molar-refractivity contribution in [2.45, 2.75) is 50.8 Å². The molecule has 1 aliphatic heterocycles. The van der Waals surface area contributed by atoms with Gasteiger partial charge in [-0.25, -0.2) is 9.55 Å². The second kappa shape index (κ2) is 10.7. The molecule has 3 fully saturated rings. The number of nitrogens with zero attached hydrogens (tertiary/aromatic N) is 3. The molecule has 2 aromatic rings. The highest BCUT2D eigenvalue weighted by Gasteiger charge is 2.46. The molecule has 2 heterocycles. The third kappa shape index (κ3) is 6.53. The van der Waals surface area contributed by atoms with Gasteiger partial charge in [0, 0.05) is 31.9 Å². The van der Waals surface area contributed by atoms with Gasteiger partial charge in [-0.15, -0.1) is 0 Å². The molecule has 1 unspecified atom stereocenters. The molecule has 1 saturated heterocycles. The van der Waals surface area contributed by atoms with E-state index in [4.69, 9.17) is 35.6 Å². The number of halogens is 1. The highest BCUT2D eigenvalue weighted by molar-refractivity contribution is 7.46. The standard InChI is InChI=1S/C24H31ClN5O6P/c1-35-21-7-2-14(8-20(21)25)10-26-22-19(11-27-24(29-22)30-12-15-9-16(15)13-30)23(31)28-17-3-5-18(6-4-17)36-37(32,33)34/h2,7-8,11,15-18H,3-6,9-10,12-13H2,1H3,(H,28,31)(H,26,27,29)(H2,32,33,34)/t15-,16?,17-,18-/m1/s1. The van der Waals surface area contributed by atoms with E-state index in [1.54, 1.807) is 25.4 Å². The topological polar surface area (TPSA) is 146 Å². The van der Waals surface area contributed by atoms with Crippen LogP contribution in [0.4, 0.5) is 11.8 Å². The fraction of sp³-hybridized carbons (Fsp3) is 0.542. The lowest BCUT2D eigenvalue weighted by Crippen LogP contribution is -2.39. The van der Waals surface area contributed by atoms with Crippen molar-refractivity contribution in [3.05, 3.63) is 40.5 Å². The minimum absolute atomic E-state index is 0.136. The Hall–Kier alpha value is -2.43. The third-order valence-corrected chi connectivity index (χ3v) is 8.12. The number of carbonyl (C=O) groups is 1. The molecule has 2 atom stereocenters. The number of carbonyl (C=O) groups excluding carboxylic acids is 1. The molecule has 1 aromatic carbocycles. The summed E-state index contributed by atoms with van der Waals surface area (Å²) in [5.74, 6) is 2.76. The van der Waals surface area contributed by atoms with E-state index in [9.17, 15) is 9.36 Å². The number of methoxy groups -OCH3 is 1. The Morgan fingerprint density at radius 3 is 2.59 bits per heavy atom. The van der Waals surface area contributed by atoms with Gasteiger partial charge in [-0.05, 0) is 61.6 Å². The van der Waals surface area contributed by atoms with E-state index in [2.05, 4.69) is 20.5 Å². The highest BCUT2D eigenvalue weighted by Crippen LogP contribution is 2.46. The fourth-order valence-corrected chi connectivity index (χ4v) is 6.04. The molecule has 4 N–H and O–H groups in total. The number of fused-ring (bicyclic) bond motifs is 1. The molecule has 1 amide bonds. The van der Waals surface area contributed by atoms with E-state index in [0.717, 1.165) is 18.7 Å². The van der Waals surface area contributed by atoms with Crippen molar-refractivity contribution in [2.24, 2.45) is 11.8 Å². The van der Waals surface area contributed by atoms with Gasteiger partial charge in [0.2, 0.25) is 5.95 Å². The number of hydrogen-bond acceptors (Lipinski definition) is 8. The molecule has 0 spiro atoms. The van der Waals surface area contributed by atoms with Crippen LogP contribution in [0.1, 0.15) is 48.0 Å². The zero-order chi connectivity index (χ0) is 26.2. The molecule has 2 aliphatic carbocycles. The van der Waals surface area contributed by atoms with Crippen LogP contribution in [-0.2, 0) is 15.6 Å². The molecular weight excluding hydrogens is 521 g/mol. The summed E-state index contributed by atoms with van der Waals surface area (Å²) in [4.78, 5) is 42.7. The molecule has 2 saturated carbocycles. The van der Waals surface area contributed by atoms with Crippen LogP contribution in [0.25, 0.3) is 0 Å². The Morgan fingerprint density at radius 2 is 1.95 bits per heavy atom. The van der Waals surface area contributed by atoms with Crippen LogP contribution in [0.2, 0.25) is 5.02 Å². The first kappa shape index (κ1) is 26.2. The molecule has 1 aromatic heterocycles. The molecule has 5 rings (SSSR count). The van der Waals surface area contributed by atoms with Gasteiger partial charge in [0.05, 0.1) is 18.2 Å². The van der Waals surface area contributed by atoms with E-state index in [-0.39, 0.29) is 11.9 Å². The largest absolute Gasteiger partial charge is 0.495 e. The van der Waals surface area contributed by atoms with Gasteiger partial charge in [0.1, 0.15) is 17.1 Å². The lowest BCUT2D eigenvalue weighted by molar-refractivity contribution is 0.0820. The fourth-order valence-electron chi connectivity index (χ4n) is 5.16. The van der Waals surface area contributed by atoms with Crippen LogP contribution in [0.5, 0.6) is 5.75 Å². The number of rotatable bonds is 9. The number of amides is 1. The van der Waals surface area contributed by atoms with Crippen LogP contribution in [0.15, 0.2) is 24.4 Å². The summed E-state index contributed by atoms with van der Waals surface area (Å²) in [6.07, 6.45) is 4.32. The SMILES string of the molecule is COc1ccc(CNc2nc(N3CC4C[C@@H]4C3)ncc2C(=O)N[C@H]2CC[C@H](OP(=O)(O)O)CC2)cc1Cl. The van der Waals surface area contributed by atoms with Gasteiger partial charge in [0.15, 0.2) is 0 Å². The van der Waals surface area contributed by atoms with Gasteiger partial charge in [0.25, 0.3) is 5.91 Å². The normalized spacial score (nSPS) is 24.9. The number of anilines is 2. The maximum absolute atomic E-state index is 13.2. The monoisotopic (exact) mass is 551 g/mol. The smallest absolute Gasteiger partial charge is 0.469 e. The predicted octanol–water partition coefficient (Wildman–Crippen LogP) is 3.36. The number of benzene rings is 1. The van der Waals surface area contributed by atoms with Crippen molar-refractivity contribution in [3.63, 3.8) is 0 Å². The van der Waals surface area contributed by atoms with Crippen molar-refractivity contribution < 1.29 is 28.4 Å². The summed E-state index contributed by atoms with van der Waals surface area (Å²) < 4.78 is 21.1. The highest BCUT2D eigenvalue weighted by atomic mass is 35.5. The van der Waals surface area contributed by atoms with Crippen LogP contribution in [-0.4, -0.2) is 58.0 Å². The minimum atomic E-state index is -4.52. The summed E-state index contributed by atoms with van der Waals surface area (Å²) in [6.45, 7) is 2.27. The summed E-state index contributed by atoms with van der Waals surface area (Å²) in [5.41, 5.74) is 1.24. The Kier molecular flexibility index (Phi) is 7.60. The second-order valence-corrected chi connectivity index (χ2v) is 11.6. The number of piperidine rings is 1. The molecule has 3 aliphatic rings. The number of aromatic nitrogens is 2. The molecule has 200 valence electrons. The van der Waals surface area contributed by atoms with Crippen molar-refractivity contribution in [1.29, 1.82) is 0 Å². The summed E-state index contributed by atoms with van der Waals surface area (Å²) in [7, 11) is -2.96. The number of nitrogens with one attached hydrogen (secondary N) is 2. The summed E-state index contributed by atoms with van der Waals surface area (Å²) in [6, 6.07) is 5.36. The van der Waals surface area contributed by atoms with Crippen LogP contribution in [0, 0.1) is 11.8 Å². The average Bonchev–Trinajstić information content (AvgIpc) is 3.47. The third-order valence-electron chi connectivity index (χ3n) is 7.25. The second-order valence-electron chi connectivity index (χ2n) is 9.96. The van der Waals surface area contributed by atoms with Crippen molar-refractivity contribution in [1.82, 2.24) is 15.3 Å². The maximum atomic E-state index is 13.2. The first-order chi connectivity index (χ1) is 17.7. The average molecular weight is 552 g/mol. The quantitative estimate of drug-likeness (QED) is 0.342. The predicted molar refractivity (Wildman–Crippen MR) is 138 cm³/mol. The Balaban J connectivity index is 1.28. The van der Waals surface area contributed by atoms with Crippen molar-refractivity contribution in [2.75, 3.05) is 30.4 Å². The number of phosphoric ester groups is 1. The molecular formula is C24H31ClN5O6P. The molecule has 11 nitrogen and oxygen atoms in total. The van der Waals surface area contributed by atoms with Gasteiger partial charge in [-0.1, -0.05) is 17.7 Å². The maximum Gasteiger partial charge on any atom is 0.469 e. The Labute approximate surface area is 220 Å². The van der Waals surface area contributed by atoms with E-state index in [1.807, 2.05) is 6.07 Å². The first-order valence-electron chi connectivity index (χ1n) is 12.4. The van der Waals surface area contributed by atoms with Crippen LogP contribution >= 0.6 is 19.4 Å². The summed E-state index contributed by atoms with van der Waals surface area (Å²) in [5, 5.41) is 6.81. The Bertz CT molecular complexity index is 1190. The van der Waals surface area contributed by atoms with Gasteiger partial charge < -0.3 is 30.1 Å². The van der Waals surface area contributed by atoms with Crippen molar-refractivity contribution >= 4 is 37.1 Å². The molecule has 0 radical (unpaired) electrons. The van der Waals surface area contributed by atoms with E-state index >= 15 is 0 Å². The zero-order valence-electron chi connectivity index (χ0n) is 20.5. The first-order valence-corrected chi connectivity index (χ1v) is 14.3.